The number of hydrogen-bond acceptors (Lipinski definition) is 4. The Bertz CT molecular complexity index is 496. The van der Waals surface area contributed by atoms with Crippen LogP contribution in [0.4, 0.5) is 13.2 Å². The molecule has 0 heterocycles. The second-order valence-corrected chi connectivity index (χ2v) is 5.32. The summed E-state index contributed by atoms with van der Waals surface area (Å²) in [7, 11) is -4.21. The molecule has 0 aliphatic heterocycles. The molecule has 0 aliphatic carbocycles. The first-order chi connectivity index (χ1) is 8.13. The van der Waals surface area contributed by atoms with Crippen LogP contribution in [-0.2, 0) is 14.3 Å². The summed E-state index contributed by atoms with van der Waals surface area (Å²) in [6.45, 7) is 0.608. The minimum absolute atomic E-state index is 0.206. The van der Waals surface area contributed by atoms with Crippen LogP contribution >= 0.6 is 0 Å². The van der Waals surface area contributed by atoms with E-state index in [2.05, 4.69) is 4.18 Å². The summed E-state index contributed by atoms with van der Waals surface area (Å²) in [5.74, 6) is 0. The molecule has 8 heteroatoms. The predicted octanol–water partition coefficient (Wildman–Crippen LogP) is 1.59. The van der Waals surface area contributed by atoms with E-state index in [-0.39, 0.29) is 4.90 Å². The van der Waals surface area contributed by atoms with Gasteiger partial charge in [0, 0.05) is 0 Å². The van der Waals surface area contributed by atoms with Gasteiger partial charge in [0.15, 0.2) is 0 Å². The van der Waals surface area contributed by atoms with Gasteiger partial charge in [-0.05, 0) is 19.1 Å². The summed E-state index contributed by atoms with van der Waals surface area (Å²) in [6, 6.07) is 3.20. The lowest BCUT2D eigenvalue weighted by Crippen LogP contribution is -2.41. The molecule has 0 bridgehead atoms. The maximum Gasteiger partial charge on any atom is 0.405 e. The van der Waals surface area contributed by atoms with E-state index in [1.807, 2.05) is 0 Å². The summed E-state index contributed by atoms with van der Waals surface area (Å²) >= 11 is 0. The number of rotatable bonds is 4. The Morgan fingerprint density at radius 1 is 1.28 bits per heavy atom. The quantitative estimate of drug-likeness (QED) is 0.852. The van der Waals surface area contributed by atoms with Gasteiger partial charge in [0.25, 0.3) is 10.1 Å². The molecule has 4 nitrogen and oxygen atoms in total. The van der Waals surface area contributed by atoms with Crippen molar-refractivity contribution in [3.05, 3.63) is 29.8 Å². The van der Waals surface area contributed by atoms with E-state index < -0.39 is 28.9 Å². The van der Waals surface area contributed by atoms with Crippen molar-refractivity contribution in [2.24, 2.45) is 5.73 Å². The molecule has 1 rings (SSSR count). The second kappa shape index (κ2) is 5.25. The fourth-order valence-electron chi connectivity index (χ4n) is 1.03. The Hall–Kier alpha value is -1.12. The molecule has 18 heavy (non-hydrogen) atoms. The van der Waals surface area contributed by atoms with Crippen molar-refractivity contribution < 1.29 is 25.8 Å². The maximum absolute atomic E-state index is 12.1. The zero-order valence-electron chi connectivity index (χ0n) is 9.44. The van der Waals surface area contributed by atoms with E-state index in [1.54, 1.807) is 6.92 Å². The summed E-state index contributed by atoms with van der Waals surface area (Å²) in [6.07, 6.45) is -4.69. The van der Waals surface area contributed by atoms with Crippen molar-refractivity contribution in [3.63, 3.8) is 0 Å². The lowest BCUT2D eigenvalue weighted by atomic mass is 10.2. The van der Waals surface area contributed by atoms with Crippen LogP contribution in [-0.4, -0.2) is 27.2 Å². The minimum Gasteiger partial charge on any atom is -0.318 e. The average Bonchev–Trinajstić information content (AvgIpc) is 2.25. The van der Waals surface area contributed by atoms with Gasteiger partial charge in [0.2, 0.25) is 0 Å². The summed E-state index contributed by atoms with van der Waals surface area (Å²) in [5.41, 5.74) is 5.57. The third kappa shape index (κ3) is 3.97. The first-order valence-electron chi connectivity index (χ1n) is 4.91. The molecule has 0 aromatic heterocycles. The van der Waals surface area contributed by atoms with Gasteiger partial charge >= 0.3 is 6.18 Å². The first kappa shape index (κ1) is 14.9. The molecule has 0 saturated carbocycles. The highest BCUT2D eigenvalue weighted by Crippen LogP contribution is 2.20. The van der Waals surface area contributed by atoms with Crippen molar-refractivity contribution in [2.75, 3.05) is 6.61 Å². The normalized spacial score (nSPS) is 14.5. The fraction of sp³-hybridized carbons (Fsp3) is 0.400. The number of halogens is 3. The molecular weight excluding hydrogens is 271 g/mol. The molecule has 0 spiro atoms. The highest BCUT2D eigenvalue weighted by Gasteiger charge is 2.38. The number of aryl methyl sites for hydroxylation is 1. The Balaban J connectivity index is 2.75. The molecular formula is C10H12F3NO3S. The van der Waals surface area contributed by atoms with Crippen LogP contribution in [0.25, 0.3) is 0 Å². The number of nitrogens with two attached hydrogens (primary N) is 1. The van der Waals surface area contributed by atoms with Crippen LogP contribution in [0.3, 0.4) is 0 Å². The molecule has 1 aromatic carbocycles. The van der Waals surface area contributed by atoms with Crippen LogP contribution in [0, 0.1) is 6.92 Å². The largest absolute Gasteiger partial charge is 0.405 e. The van der Waals surface area contributed by atoms with E-state index in [1.165, 1.54) is 24.3 Å². The Morgan fingerprint density at radius 3 is 2.22 bits per heavy atom. The third-order valence-electron chi connectivity index (χ3n) is 2.13. The molecule has 0 saturated heterocycles. The van der Waals surface area contributed by atoms with Crippen molar-refractivity contribution in [1.82, 2.24) is 0 Å². The molecule has 2 N–H and O–H groups in total. The van der Waals surface area contributed by atoms with Crippen LogP contribution < -0.4 is 5.73 Å². The summed E-state index contributed by atoms with van der Waals surface area (Å²) in [4.78, 5) is -0.206. The van der Waals surface area contributed by atoms with E-state index in [9.17, 15) is 21.6 Å². The standard InChI is InChI=1S/C10H12F3NO3S/c1-7-2-4-8(5-3-7)18(15,16)17-6-9(14)10(11,12)13/h2-5,9H,6,14H2,1H3. The highest BCUT2D eigenvalue weighted by molar-refractivity contribution is 7.86. The van der Waals surface area contributed by atoms with Crippen LogP contribution in [0.2, 0.25) is 0 Å². The van der Waals surface area contributed by atoms with Gasteiger partial charge in [-0.1, -0.05) is 17.7 Å². The molecule has 1 aromatic rings. The van der Waals surface area contributed by atoms with Crippen molar-refractivity contribution in [2.45, 2.75) is 24.0 Å². The lowest BCUT2D eigenvalue weighted by Gasteiger charge is -2.15. The van der Waals surface area contributed by atoms with E-state index >= 15 is 0 Å². The molecule has 102 valence electrons. The summed E-state index contributed by atoms with van der Waals surface area (Å²) in [5, 5.41) is 0. The van der Waals surface area contributed by atoms with Gasteiger partial charge < -0.3 is 5.73 Å². The average molecular weight is 283 g/mol. The van der Waals surface area contributed by atoms with Crippen molar-refractivity contribution >= 4 is 10.1 Å². The number of alkyl halides is 3. The van der Waals surface area contributed by atoms with Gasteiger partial charge in [0.1, 0.15) is 6.04 Å². The monoisotopic (exact) mass is 283 g/mol. The first-order valence-corrected chi connectivity index (χ1v) is 6.32. The van der Waals surface area contributed by atoms with Gasteiger partial charge in [-0.2, -0.15) is 21.6 Å². The van der Waals surface area contributed by atoms with E-state index in [4.69, 9.17) is 5.73 Å². The van der Waals surface area contributed by atoms with Gasteiger partial charge in [0.05, 0.1) is 11.5 Å². The molecule has 0 fully saturated rings. The zero-order chi connectivity index (χ0) is 14.0. The smallest absolute Gasteiger partial charge is 0.318 e. The van der Waals surface area contributed by atoms with Crippen LogP contribution in [0.15, 0.2) is 29.2 Å². The van der Waals surface area contributed by atoms with E-state index in [0.29, 0.717) is 0 Å². The minimum atomic E-state index is -4.69. The lowest BCUT2D eigenvalue weighted by molar-refractivity contribution is -0.153. The molecule has 0 amide bonds. The SMILES string of the molecule is Cc1ccc(S(=O)(=O)OCC(N)C(F)(F)F)cc1. The molecule has 1 atom stereocenters. The summed E-state index contributed by atoms with van der Waals surface area (Å²) < 4.78 is 63.6. The predicted molar refractivity (Wildman–Crippen MR) is 58.3 cm³/mol. The Kier molecular flexibility index (Phi) is 4.36. The fourth-order valence-corrected chi connectivity index (χ4v) is 1.96. The highest BCUT2D eigenvalue weighted by atomic mass is 32.2. The van der Waals surface area contributed by atoms with Gasteiger partial charge in [-0.3, -0.25) is 4.18 Å². The van der Waals surface area contributed by atoms with Crippen LogP contribution in [0.5, 0.6) is 0 Å². The molecule has 0 aliphatic rings. The Morgan fingerprint density at radius 2 is 1.78 bits per heavy atom. The van der Waals surface area contributed by atoms with Gasteiger partial charge in [-0.25, -0.2) is 0 Å². The van der Waals surface area contributed by atoms with Crippen molar-refractivity contribution in [1.29, 1.82) is 0 Å². The maximum atomic E-state index is 12.1. The number of hydrogen-bond donors (Lipinski definition) is 1. The second-order valence-electron chi connectivity index (χ2n) is 3.70. The van der Waals surface area contributed by atoms with E-state index in [0.717, 1.165) is 5.56 Å². The zero-order valence-corrected chi connectivity index (χ0v) is 10.3. The Labute approximate surface area is 103 Å². The number of benzene rings is 1. The third-order valence-corrected chi connectivity index (χ3v) is 3.43. The topological polar surface area (TPSA) is 69.4 Å². The molecule has 0 radical (unpaired) electrons. The molecule has 1 unspecified atom stereocenters. The van der Waals surface area contributed by atoms with Crippen molar-refractivity contribution in [3.8, 4) is 0 Å². The van der Waals surface area contributed by atoms with Gasteiger partial charge in [-0.15, -0.1) is 0 Å². The van der Waals surface area contributed by atoms with Crippen LogP contribution in [0.1, 0.15) is 5.56 Å².